The van der Waals surface area contributed by atoms with Crippen molar-refractivity contribution in [3.63, 3.8) is 0 Å². The predicted molar refractivity (Wildman–Crippen MR) is 92.7 cm³/mol. The second-order valence-electron chi connectivity index (χ2n) is 8.03. The highest BCUT2D eigenvalue weighted by Gasteiger charge is 2.50. The van der Waals surface area contributed by atoms with Gasteiger partial charge >= 0.3 is 0 Å². The molecule has 25 heavy (non-hydrogen) atoms. The molecule has 2 aliphatic carbocycles. The van der Waals surface area contributed by atoms with Crippen LogP contribution in [0.3, 0.4) is 0 Å². The number of fused-ring (bicyclic) bond motifs is 2. The molecule has 7 heteroatoms. The van der Waals surface area contributed by atoms with E-state index in [1.54, 1.807) is 0 Å². The van der Waals surface area contributed by atoms with Crippen LogP contribution in [-0.2, 0) is 14.3 Å². The molecule has 7 nitrogen and oxygen atoms in total. The topological polar surface area (TPSA) is 79.1 Å². The minimum atomic E-state index is 0.0225. The van der Waals surface area contributed by atoms with Gasteiger partial charge in [0.25, 0.3) is 0 Å². The highest BCUT2D eigenvalue weighted by Crippen LogP contribution is 2.48. The van der Waals surface area contributed by atoms with Gasteiger partial charge in [-0.25, -0.2) is 0 Å². The van der Waals surface area contributed by atoms with Crippen LogP contribution in [0.4, 0.5) is 0 Å². The number of carbonyl (C=O) groups is 2. The number of morpholine rings is 1. The first kappa shape index (κ1) is 17.2. The Labute approximate surface area is 149 Å². The minimum absolute atomic E-state index is 0.0225. The van der Waals surface area contributed by atoms with E-state index in [1.165, 1.54) is 6.42 Å². The van der Waals surface area contributed by atoms with Crippen LogP contribution in [-0.4, -0.2) is 91.6 Å². The molecule has 0 aromatic carbocycles. The van der Waals surface area contributed by atoms with Gasteiger partial charge in [0.05, 0.1) is 25.7 Å². The van der Waals surface area contributed by atoms with Crippen LogP contribution < -0.4 is 5.73 Å². The van der Waals surface area contributed by atoms with Crippen LogP contribution in [0.2, 0.25) is 0 Å². The van der Waals surface area contributed by atoms with Gasteiger partial charge < -0.3 is 20.3 Å². The van der Waals surface area contributed by atoms with Gasteiger partial charge in [-0.2, -0.15) is 0 Å². The molecule has 2 bridgehead atoms. The zero-order chi connectivity index (χ0) is 17.4. The highest BCUT2D eigenvalue weighted by molar-refractivity contribution is 5.82. The summed E-state index contributed by atoms with van der Waals surface area (Å²) in [5.74, 6) is 1.48. The molecule has 2 heterocycles. The van der Waals surface area contributed by atoms with Crippen molar-refractivity contribution in [3.05, 3.63) is 0 Å². The molecule has 2 saturated heterocycles. The molecule has 0 spiro atoms. The van der Waals surface area contributed by atoms with Gasteiger partial charge in [0, 0.05) is 45.3 Å². The molecule has 2 saturated carbocycles. The van der Waals surface area contributed by atoms with Crippen LogP contribution in [0.25, 0.3) is 0 Å². The van der Waals surface area contributed by atoms with E-state index in [-0.39, 0.29) is 23.8 Å². The van der Waals surface area contributed by atoms with Crippen molar-refractivity contribution in [3.8, 4) is 0 Å². The molecule has 140 valence electrons. The third-order valence-electron chi connectivity index (χ3n) is 6.67. The van der Waals surface area contributed by atoms with Crippen LogP contribution in [0.15, 0.2) is 0 Å². The largest absolute Gasteiger partial charge is 0.379 e. The lowest BCUT2D eigenvalue weighted by molar-refractivity contribution is -0.144. The second kappa shape index (κ2) is 7.21. The van der Waals surface area contributed by atoms with E-state index in [4.69, 9.17) is 10.5 Å². The summed E-state index contributed by atoms with van der Waals surface area (Å²) in [5.41, 5.74) is 6.32. The smallest absolute Gasteiger partial charge is 0.236 e. The third kappa shape index (κ3) is 3.41. The lowest BCUT2D eigenvalue weighted by atomic mass is 9.84. The van der Waals surface area contributed by atoms with E-state index in [2.05, 4.69) is 4.90 Å². The van der Waals surface area contributed by atoms with Crippen molar-refractivity contribution < 1.29 is 14.3 Å². The maximum atomic E-state index is 12.9. The maximum Gasteiger partial charge on any atom is 0.236 e. The first-order valence-electron chi connectivity index (χ1n) is 9.75. The van der Waals surface area contributed by atoms with Crippen molar-refractivity contribution in [2.75, 3.05) is 59.0 Å². The normalized spacial score (nSPS) is 36.0. The van der Waals surface area contributed by atoms with E-state index in [9.17, 15) is 9.59 Å². The van der Waals surface area contributed by atoms with Crippen LogP contribution in [0, 0.1) is 17.8 Å². The van der Waals surface area contributed by atoms with Gasteiger partial charge in [-0.15, -0.1) is 0 Å². The Balaban J connectivity index is 1.26. The highest BCUT2D eigenvalue weighted by atomic mass is 16.5. The molecule has 4 unspecified atom stereocenters. The average Bonchev–Trinajstić information content (AvgIpc) is 3.23. The predicted octanol–water partition coefficient (Wildman–Crippen LogP) is -0.637. The van der Waals surface area contributed by atoms with E-state index in [0.717, 1.165) is 25.9 Å². The Morgan fingerprint density at radius 2 is 1.56 bits per heavy atom. The van der Waals surface area contributed by atoms with Crippen LogP contribution in [0.1, 0.15) is 19.3 Å². The first-order chi connectivity index (χ1) is 12.1. The Bertz CT molecular complexity index is 512. The number of nitrogens with two attached hydrogens (primary N) is 1. The fourth-order valence-electron chi connectivity index (χ4n) is 5.14. The molecule has 2 N–H and O–H groups in total. The lowest BCUT2D eigenvalue weighted by Gasteiger charge is -2.39. The molecule has 4 rings (SSSR count). The Hall–Kier alpha value is -1.18. The van der Waals surface area contributed by atoms with E-state index < -0.39 is 0 Å². The van der Waals surface area contributed by atoms with Crippen LogP contribution >= 0.6 is 0 Å². The summed E-state index contributed by atoms with van der Waals surface area (Å²) < 4.78 is 5.32. The van der Waals surface area contributed by atoms with Crippen molar-refractivity contribution in [2.45, 2.75) is 25.3 Å². The van der Waals surface area contributed by atoms with Gasteiger partial charge in [0.15, 0.2) is 0 Å². The first-order valence-corrected chi connectivity index (χ1v) is 9.75. The van der Waals surface area contributed by atoms with Gasteiger partial charge in [0.1, 0.15) is 0 Å². The molecule has 0 aromatic heterocycles. The van der Waals surface area contributed by atoms with Gasteiger partial charge in [-0.05, 0) is 31.1 Å². The summed E-state index contributed by atoms with van der Waals surface area (Å²) in [4.78, 5) is 31.4. The van der Waals surface area contributed by atoms with E-state index in [0.29, 0.717) is 57.8 Å². The minimum Gasteiger partial charge on any atom is -0.379 e. The van der Waals surface area contributed by atoms with Crippen molar-refractivity contribution in [1.29, 1.82) is 0 Å². The molecular formula is C18H30N4O3. The number of hydrogen-bond donors (Lipinski definition) is 1. The zero-order valence-electron chi connectivity index (χ0n) is 14.9. The zero-order valence-corrected chi connectivity index (χ0v) is 14.9. The summed E-state index contributed by atoms with van der Waals surface area (Å²) in [6.07, 6.45) is 3.49. The lowest BCUT2D eigenvalue weighted by Crippen LogP contribution is -2.56. The number of nitrogens with zero attached hydrogens (tertiary/aromatic N) is 3. The molecular weight excluding hydrogens is 320 g/mol. The number of rotatable bonds is 3. The molecule has 2 amide bonds. The van der Waals surface area contributed by atoms with Gasteiger partial charge in [-0.1, -0.05) is 0 Å². The molecule has 4 atom stereocenters. The van der Waals surface area contributed by atoms with Crippen molar-refractivity contribution in [2.24, 2.45) is 23.5 Å². The molecule has 0 radical (unpaired) electrons. The quantitative estimate of drug-likeness (QED) is 0.733. The summed E-state index contributed by atoms with van der Waals surface area (Å²) in [6.45, 7) is 6.12. The summed E-state index contributed by atoms with van der Waals surface area (Å²) in [7, 11) is 0. The monoisotopic (exact) mass is 350 g/mol. The third-order valence-corrected chi connectivity index (χ3v) is 6.67. The standard InChI is InChI=1S/C18H30N4O3/c19-17-14-2-1-13(11-14)16(17)18(24)22-5-3-21(4-6-22)15(23)12-20-7-9-25-10-8-20/h13-14,16-17H,1-12,19H2. The van der Waals surface area contributed by atoms with Crippen LogP contribution in [0.5, 0.6) is 0 Å². The number of amides is 2. The second-order valence-corrected chi connectivity index (χ2v) is 8.03. The Morgan fingerprint density at radius 1 is 0.920 bits per heavy atom. The Morgan fingerprint density at radius 3 is 2.20 bits per heavy atom. The van der Waals surface area contributed by atoms with E-state index in [1.807, 2.05) is 9.80 Å². The molecule has 2 aliphatic heterocycles. The molecule has 4 fully saturated rings. The fraction of sp³-hybridized carbons (Fsp3) is 0.889. The van der Waals surface area contributed by atoms with E-state index >= 15 is 0 Å². The van der Waals surface area contributed by atoms with Crippen molar-refractivity contribution >= 4 is 11.8 Å². The molecule has 4 aliphatic rings. The number of hydrogen-bond acceptors (Lipinski definition) is 5. The number of carbonyl (C=O) groups excluding carboxylic acids is 2. The average molecular weight is 350 g/mol. The number of piperazine rings is 1. The summed E-state index contributed by atoms with van der Waals surface area (Å²) in [6, 6.07) is 0.0484. The van der Waals surface area contributed by atoms with Gasteiger partial charge in [0.2, 0.25) is 11.8 Å². The maximum absolute atomic E-state index is 12.9. The SMILES string of the molecule is NC1C2CCC(C2)C1C(=O)N1CCN(C(=O)CN2CCOCC2)CC1. The van der Waals surface area contributed by atoms with Gasteiger partial charge in [-0.3, -0.25) is 14.5 Å². The Kier molecular flexibility index (Phi) is 4.97. The fourth-order valence-corrected chi connectivity index (χ4v) is 5.14. The van der Waals surface area contributed by atoms with Crippen molar-refractivity contribution in [1.82, 2.24) is 14.7 Å². The summed E-state index contributed by atoms with van der Waals surface area (Å²) >= 11 is 0. The summed E-state index contributed by atoms with van der Waals surface area (Å²) in [5, 5.41) is 0. The molecule has 0 aromatic rings. The number of ether oxygens (including phenoxy) is 1.